The summed E-state index contributed by atoms with van der Waals surface area (Å²) in [6.07, 6.45) is 5.89. The number of carboxylic acid groups (broad SMARTS) is 1. The molecule has 0 amide bonds. The van der Waals surface area contributed by atoms with Crippen LogP contribution in [0.25, 0.3) is 0 Å². The Balaban J connectivity index is 2.12. The average Bonchev–Trinajstić information content (AvgIpc) is 2.45. The van der Waals surface area contributed by atoms with Crippen molar-refractivity contribution in [1.29, 1.82) is 0 Å². The van der Waals surface area contributed by atoms with Gasteiger partial charge in [-0.25, -0.2) is 0 Å². The van der Waals surface area contributed by atoms with Crippen LogP contribution in [0.2, 0.25) is 0 Å². The maximum atomic E-state index is 10.9. The van der Waals surface area contributed by atoms with E-state index in [1.54, 1.807) is 0 Å². The highest BCUT2D eigenvalue weighted by Crippen LogP contribution is 2.54. The molecular formula is C13H22O3. The summed E-state index contributed by atoms with van der Waals surface area (Å²) in [6.45, 7) is 5.05. The Bertz CT molecular complexity index is 285. The molecule has 0 aromatic heterocycles. The molecule has 16 heavy (non-hydrogen) atoms. The highest BCUT2D eigenvalue weighted by Gasteiger charge is 2.48. The van der Waals surface area contributed by atoms with Crippen LogP contribution in [0.4, 0.5) is 0 Å². The van der Waals surface area contributed by atoms with Crippen LogP contribution >= 0.6 is 0 Å². The van der Waals surface area contributed by atoms with Crippen molar-refractivity contribution in [3.05, 3.63) is 0 Å². The largest absolute Gasteiger partial charge is 0.481 e. The third kappa shape index (κ3) is 2.24. The SMILES string of the molecule is CC1(C)CC2(CCCC2CC(=O)O)CCO1. The maximum Gasteiger partial charge on any atom is 0.303 e. The van der Waals surface area contributed by atoms with E-state index < -0.39 is 5.97 Å². The van der Waals surface area contributed by atoms with Gasteiger partial charge in [-0.15, -0.1) is 0 Å². The van der Waals surface area contributed by atoms with Gasteiger partial charge in [0.25, 0.3) is 0 Å². The molecule has 3 heteroatoms. The quantitative estimate of drug-likeness (QED) is 0.787. The van der Waals surface area contributed by atoms with E-state index in [0.29, 0.717) is 12.3 Å². The average molecular weight is 226 g/mol. The lowest BCUT2D eigenvalue weighted by Gasteiger charge is -2.46. The molecule has 1 saturated heterocycles. The molecule has 2 atom stereocenters. The predicted molar refractivity (Wildman–Crippen MR) is 61.3 cm³/mol. The second-order valence-corrected chi connectivity index (χ2v) is 6.08. The van der Waals surface area contributed by atoms with Gasteiger partial charge >= 0.3 is 5.97 Å². The van der Waals surface area contributed by atoms with Crippen LogP contribution in [0.15, 0.2) is 0 Å². The number of carbonyl (C=O) groups is 1. The van der Waals surface area contributed by atoms with Crippen molar-refractivity contribution >= 4 is 5.97 Å². The van der Waals surface area contributed by atoms with E-state index in [1.165, 1.54) is 12.8 Å². The maximum absolute atomic E-state index is 10.9. The Labute approximate surface area is 97.2 Å². The van der Waals surface area contributed by atoms with Crippen LogP contribution in [0, 0.1) is 11.3 Å². The normalized spacial score (nSPS) is 37.8. The molecule has 1 aliphatic heterocycles. The van der Waals surface area contributed by atoms with Crippen molar-refractivity contribution in [1.82, 2.24) is 0 Å². The smallest absolute Gasteiger partial charge is 0.303 e. The first-order valence-electron chi connectivity index (χ1n) is 6.29. The highest BCUT2D eigenvalue weighted by molar-refractivity contribution is 5.67. The first-order valence-corrected chi connectivity index (χ1v) is 6.29. The lowest BCUT2D eigenvalue weighted by molar-refractivity contribution is -0.144. The molecule has 0 bridgehead atoms. The fourth-order valence-electron chi connectivity index (χ4n) is 3.82. The van der Waals surface area contributed by atoms with Gasteiger partial charge in [-0.3, -0.25) is 4.79 Å². The number of aliphatic carboxylic acids is 1. The van der Waals surface area contributed by atoms with Crippen LogP contribution in [-0.2, 0) is 9.53 Å². The third-order valence-corrected chi connectivity index (χ3v) is 4.38. The molecule has 3 nitrogen and oxygen atoms in total. The molecule has 2 fully saturated rings. The summed E-state index contributed by atoms with van der Waals surface area (Å²) in [5.41, 5.74) is 0.180. The molecule has 0 aromatic rings. The summed E-state index contributed by atoms with van der Waals surface area (Å²) in [5.74, 6) is -0.274. The van der Waals surface area contributed by atoms with E-state index in [4.69, 9.17) is 9.84 Å². The molecule has 1 spiro atoms. The predicted octanol–water partition coefficient (Wildman–Crippen LogP) is 2.84. The monoisotopic (exact) mass is 226 g/mol. The Morgan fingerprint density at radius 2 is 2.19 bits per heavy atom. The van der Waals surface area contributed by atoms with Gasteiger partial charge in [-0.2, -0.15) is 0 Å². The first-order chi connectivity index (χ1) is 7.44. The standard InChI is InChI=1S/C13H22O3/c1-12(2)9-13(6-7-16-12)5-3-4-10(13)8-11(14)15/h10H,3-9H2,1-2H3,(H,14,15). The van der Waals surface area contributed by atoms with Crippen LogP contribution < -0.4 is 0 Å². The molecule has 1 N–H and O–H groups in total. The minimum absolute atomic E-state index is 0.0701. The van der Waals surface area contributed by atoms with Gasteiger partial charge in [-0.1, -0.05) is 6.42 Å². The summed E-state index contributed by atoms with van der Waals surface area (Å²) in [5, 5.41) is 8.99. The molecule has 1 aliphatic carbocycles. The molecule has 0 radical (unpaired) electrons. The van der Waals surface area contributed by atoms with E-state index in [1.807, 2.05) is 0 Å². The van der Waals surface area contributed by atoms with Gasteiger partial charge in [0.15, 0.2) is 0 Å². The van der Waals surface area contributed by atoms with E-state index in [-0.39, 0.29) is 11.0 Å². The van der Waals surface area contributed by atoms with Gasteiger partial charge < -0.3 is 9.84 Å². The van der Waals surface area contributed by atoms with Gasteiger partial charge in [0.05, 0.1) is 5.60 Å². The van der Waals surface area contributed by atoms with E-state index in [0.717, 1.165) is 25.9 Å². The molecule has 2 aliphatic rings. The van der Waals surface area contributed by atoms with Crippen molar-refractivity contribution in [2.24, 2.45) is 11.3 Å². The minimum atomic E-state index is -0.643. The summed E-state index contributed by atoms with van der Waals surface area (Å²) in [7, 11) is 0. The molecular weight excluding hydrogens is 204 g/mol. The van der Waals surface area contributed by atoms with Crippen LogP contribution in [0.5, 0.6) is 0 Å². The topological polar surface area (TPSA) is 46.5 Å². The molecule has 2 unspecified atom stereocenters. The molecule has 92 valence electrons. The Hall–Kier alpha value is -0.570. The zero-order valence-electron chi connectivity index (χ0n) is 10.3. The lowest BCUT2D eigenvalue weighted by atomic mass is 9.66. The number of hydrogen-bond acceptors (Lipinski definition) is 2. The Kier molecular flexibility index (Phi) is 2.99. The molecule has 0 aromatic carbocycles. The van der Waals surface area contributed by atoms with Gasteiger partial charge in [0.1, 0.15) is 0 Å². The summed E-state index contributed by atoms with van der Waals surface area (Å²) in [4.78, 5) is 10.9. The highest BCUT2D eigenvalue weighted by atomic mass is 16.5. The zero-order chi connectivity index (χ0) is 11.8. The van der Waals surface area contributed by atoms with Crippen molar-refractivity contribution in [2.75, 3.05) is 6.61 Å². The zero-order valence-corrected chi connectivity index (χ0v) is 10.3. The van der Waals surface area contributed by atoms with Gasteiger partial charge in [0, 0.05) is 13.0 Å². The number of rotatable bonds is 2. The fourth-order valence-corrected chi connectivity index (χ4v) is 3.82. The van der Waals surface area contributed by atoms with Crippen molar-refractivity contribution < 1.29 is 14.6 Å². The van der Waals surface area contributed by atoms with Crippen molar-refractivity contribution in [3.63, 3.8) is 0 Å². The number of carboxylic acids is 1. The molecule has 2 rings (SSSR count). The third-order valence-electron chi connectivity index (χ3n) is 4.38. The van der Waals surface area contributed by atoms with Crippen LogP contribution in [0.1, 0.15) is 52.4 Å². The van der Waals surface area contributed by atoms with Crippen LogP contribution in [0.3, 0.4) is 0 Å². The Morgan fingerprint density at radius 3 is 2.81 bits per heavy atom. The van der Waals surface area contributed by atoms with Crippen LogP contribution in [-0.4, -0.2) is 23.3 Å². The Morgan fingerprint density at radius 1 is 1.44 bits per heavy atom. The molecule has 1 saturated carbocycles. The van der Waals surface area contributed by atoms with Crippen molar-refractivity contribution in [2.45, 2.75) is 58.0 Å². The minimum Gasteiger partial charge on any atom is -0.481 e. The van der Waals surface area contributed by atoms with Gasteiger partial charge in [-0.05, 0) is 50.9 Å². The number of ether oxygens (including phenoxy) is 1. The lowest BCUT2D eigenvalue weighted by Crippen LogP contribution is -2.43. The van der Waals surface area contributed by atoms with Gasteiger partial charge in [0.2, 0.25) is 0 Å². The molecule has 1 heterocycles. The van der Waals surface area contributed by atoms with Crippen molar-refractivity contribution in [3.8, 4) is 0 Å². The second kappa shape index (κ2) is 4.02. The summed E-state index contributed by atoms with van der Waals surface area (Å²) in [6, 6.07) is 0. The van der Waals surface area contributed by atoms with E-state index in [9.17, 15) is 4.79 Å². The fraction of sp³-hybridized carbons (Fsp3) is 0.923. The summed E-state index contributed by atoms with van der Waals surface area (Å²) >= 11 is 0. The first kappa shape index (κ1) is 11.9. The number of hydrogen-bond donors (Lipinski definition) is 1. The second-order valence-electron chi connectivity index (χ2n) is 6.08. The summed E-state index contributed by atoms with van der Waals surface area (Å²) < 4.78 is 5.76. The van der Waals surface area contributed by atoms with E-state index >= 15 is 0 Å². The van der Waals surface area contributed by atoms with E-state index in [2.05, 4.69) is 13.8 Å².